The van der Waals surface area contributed by atoms with Gasteiger partial charge in [0.15, 0.2) is 0 Å². The molecule has 0 amide bonds. The summed E-state index contributed by atoms with van der Waals surface area (Å²) in [5.74, 6) is -0.0719. The molecule has 2 aromatic carbocycles. The molecule has 27 heavy (non-hydrogen) atoms. The largest absolute Gasteiger partial charge is 0.491 e. The van der Waals surface area contributed by atoms with Crippen LogP contribution in [0, 0.1) is 0 Å². The van der Waals surface area contributed by atoms with Crippen molar-refractivity contribution >= 4 is 5.97 Å². The Morgan fingerprint density at radius 2 is 1.48 bits per heavy atom. The van der Waals surface area contributed by atoms with Crippen molar-refractivity contribution in [2.75, 3.05) is 6.61 Å². The Kier molecular flexibility index (Phi) is 8.34. The van der Waals surface area contributed by atoms with Crippen LogP contribution in [0.25, 0.3) is 11.1 Å². The van der Waals surface area contributed by atoms with Gasteiger partial charge in [0.25, 0.3) is 0 Å². The average molecular weight is 370 g/mol. The van der Waals surface area contributed by atoms with Gasteiger partial charge in [0, 0.05) is 6.61 Å². The maximum Gasteiger partial charge on any atom is 0.335 e. The van der Waals surface area contributed by atoms with Gasteiger partial charge in [0.1, 0.15) is 5.75 Å². The molecule has 0 saturated carbocycles. The second kappa shape index (κ2) is 10.7. The lowest BCUT2D eigenvalue weighted by Crippen LogP contribution is -2.16. The smallest absolute Gasteiger partial charge is 0.335 e. The van der Waals surface area contributed by atoms with Crippen LogP contribution in [0.1, 0.15) is 56.8 Å². The molecular weight excluding hydrogens is 340 g/mol. The molecule has 0 spiro atoms. The number of hydrogen-bond acceptors (Lipinski definition) is 3. The van der Waals surface area contributed by atoms with E-state index in [1.54, 1.807) is 12.1 Å². The van der Waals surface area contributed by atoms with Crippen LogP contribution in [0.15, 0.2) is 48.5 Å². The van der Waals surface area contributed by atoms with Crippen molar-refractivity contribution in [3.05, 3.63) is 54.1 Å². The molecule has 0 aromatic heterocycles. The summed E-state index contributed by atoms with van der Waals surface area (Å²) in [4.78, 5) is 10.9. The monoisotopic (exact) mass is 370 g/mol. The second-order valence-electron chi connectivity index (χ2n) is 6.95. The van der Waals surface area contributed by atoms with Crippen LogP contribution in [0.4, 0.5) is 0 Å². The minimum absolute atomic E-state index is 0.128. The van der Waals surface area contributed by atoms with Gasteiger partial charge in [0.05, 0.1) is 17.8 Å². The highest BCUT2D eigenvalue weighted by molar-refractivity contribution is 5.88. The van der Waals surface area contributed by atoms with Crippen molar-refractivity contribution in [3.63, 3.8) is 0 Å². The van der Waals surface area contributed by atoms with E-state index in [1.807, 2.05) is 36.4 Å². The molecule has 0 aliphatic heterocycles. The van der Waals surface area contributed by atoms with Crippen LogP contribution >= 0.6 is 0 Å². The molecule has 4 nitrogen and oxygen atoms in total. The quantitative estimate of drug-likeness (QED) is 0.508. The topological polar surface area (TPSA) is 55.8 Å². The second-order valence-corrected chi connectivity index (χ2v) is 6.95. The van der Waals surface area contributed by atoms with Gasteiger partial charge < -0.3 is 14.6 Å². The van der Waals surface area contributed by atoms with Gasteiger partial charge in [-0.1, -0.05) is 37.6 Å². The molecule has 4 heteroatoms. The molecule has 0 aliphatic carbocycles. The summed E-state index contributed by atoms with van der Waals surface area (Å²) in [7, 11) is 0. The van der Waals surface area contributed by atoms with Gasteiger partial charge in [-0.3, -0.25) is 0 Å². The number of hydrogen-bond donors (Lipinski definition) is 1. The van der Waals surface area contributed by atoms with E-state index in [4.69, 9.17) is 14.6 Å². The fourth-order valence-electron chi connectivity index (χ4n) is 2.80. The van der Waals surface area contributed by atoms with Crippen LogP contribution in [0.2, 0.25) is 0 Å². The molecule has 0 heterocycles. The average Bonchev–Trinajstić information content (AvgIpc) is 2.67. The number of rotatable bonds is 11. The first-order valence-electron chi connectivity index (χ1n) is 9.71. The number of carbonyl (C=O) groups is 1. The van der Waals surface area contributed by atoms with Crippen LogP contribution < -0.4 is 4.74 Å². The Morgan fingerprint density at radius 3 is 2.04 bits per heavy atom. The first-order valence-corrected chi connectivity index (χ1v) is 9.71. The standard InChI is InChI=1S/C23H30O4/c1-4-5-16-26-17(2)6-7-18(3)27-22-14-12-20(13-15-22)19-8-10-21(11-9-19)23(24)25/h8-15,17-18H,4-7,16H2,1-3H3,(H,24,25). The lowest BCUT2D eigenvalue weighted by Gasteiger charge is -2.18. The van der Waals surface area contributed by atoms with E-state index in [0.717, 1.165) is 49.2 Å². The summed E-state index contributed by atoms with van der Waals surface area (Å²) in [5, 5.41) is 8.97. The molecule has 2 rings (SSSR count). The summed E-state index contributed by atoms with van der Waals surface area (Å²) < 4.78 is 11.8. The van der Waals surface area contributed by atoms with Crippen molar-refractivity contribution in [3.8, 4) is 16.9 Å². The molecule has 2 aromatic rings. The van der Waals surface area contributed by atoms with Gasteiger partial charge in [0.2, 0.25) is 0 Å². The van der Waals surface area contributed by atoms with Crippen molar-refractivity contribution < 1.29 is 19.4 Å². The van der Waals surface area contributed by atoms with Gasteiger partial charge in [-0.2, -0.15) is 0 Å². The lowest BCUT2D eigenvalue weighted by molar-refractivity contribution is 0.0491. The number of carboxylic acids is 1. The van der Waals surface area contributed by atoms with Crippen LogP contribution in [-0.4, -0.2) is 29.9 Å². The number of aromatic carboxylic acids is 1. The maximum absolute atomic E-state index is 10.9. The van der Waals surface area contributed by atoms with E-state index in [1.165, 1.54) is 0 Å². The minimum atomic E-state index is -0.913. The molecule has 0 aliphatic rings. The minimum Gasteiger partial charge on any atom is -0.491 e. The highest BCUT2D eigenvalue weighted by Gasteiger charge is 2.09. The predicted molar refractivity (Wildman–Crippen MR) is 108 cm³/mol. The van der Waals surface area contributed by atoms with E-state index in [-0.39, 0.29) is 12.2 Å². The third-order valence-corrected chi connectivity index (χ3v) is 4.54. The summed E-state index contributed by atoms with van der Waals surface area (Å²) in [5.41, 5.74) is 2.31. The van der Waals surface area contributed by atoms with Gasteiger partial charge in [-0.25, -0.2) is 4.79 Å². The molecular formula is C23H30O4. The van der Waals surface area contributed by atoms with E-state index in [0.29, 0.717) is 5.56 Å². The van der Waals surface area contributed by atoms with Crippen LogP contribution in [-0.2, 0) is 4.74 Å². The van der Waals surface area contributed by atoms with Gasteiger partial charge in [-0.15, -0.1) is 0 Å². The first-order chi connectivity index (χ1) is 13.0. The summed E-state index contributed by atoms with van der Waals surface area (Å²) in [6.07, 6.45) is 4.60. The highest BCUT2D eigenvalue weighted by Crippen LogP contribution is 2.24. The normalized spacial score (nSPS) is 13.1. The fourth-order valence-corrected chi connectivity index (χ4v) is 2.80. The highest BCUT2D eigenvalue weighted by atomic mass is 16.5. The number of unbranched alkanes of at least 4 members (excludes halogenated alkanes) is 1. The lowest BCUT2D eigenvalue weighted by atomic mass is 10.0. The number of carboxylic acid groups (broad SMARTS) is 1. The fraction of sp³-hybridized carbons (Fsp3) is 0.435. The van der Waals surface area contributed by atoms with Crippen molar-refractivity contribution in [2.45, 2.75) is 58.7 Å². The Labute approximate surface area is 162 Å². The maximum atomic E-state index is 10.9. The van der Waals surface area contributed by atoms with Gasteiger partial charge >= 0.3 is 5.97 Å². The summed E-state index contributed by atoms with van der Waals surface area (Å²) >= 11 is 0. The molecule has 0 bridgehead atoms. The Hall–Kier alpha value is -2.33. The van der Waals surface area contributed by atoms with E-state index < -0.39 is 5.97 Å². The Morgan fingerprint density at radius 1 is 0.926 bits per heavy atom. The summed E-state index contributed by atoms with van der Waals surface area (Å²) in [6.45, 7) is 7.20. The Bertz CT molecular complexity index is 691. The van der Waals surface area contributed by atoms with Gasteiger partial charge in [-0.05, 0) is 68.5 Å². The predicted octanol–water partition coefficient (Wildman–Crippen LogP) is 5.80. The molecule has 0 radical (unpaired) electrons. The molecule has 2 atom stereocenters. The van der Waals surface area contributed by atoms with E-state index in [9.17, 15) is 4.79 Å². The van der Waals surface area contributed by atoms with E-state index in [2.05, 4.69) is 20.8 Å². The first kappa shape index (κ1) is 21.0. The zero-order valence-corrected chi connectivity index (χ0v) is 16.5. The number of benzene rings is 2. The van der Waals surface area contributed by atoms with Crippen molar-refractivity contribution in [1.82, 2.24) is 0 Å². The summed E-state index contributed by atoms with van der Waals surface area (Å²) in [6, 6.07) is 14.8. The molecule has 0 saturated heterocycles. The zero-order valence-electron chi connectivity index (χ0n) is 16.5. The molecule has 1 N–H and O–H groups in total. The van der Waals surface area contributed by atoms with Crippen molar-refractivity contribution in [2.24, 2.45) is 0 Å². The van der Waals surface area contributed by atoms with Crippen LogP contribution in [0.3, 0.4) is 0 Å². The third-order valence-electron chi connectivity index (χ3n) is 4.54. The van der Waals surface area contributed by atoms with E-state index >= 15 is 0 Å². The molecule has 0 fully saturated rings. The number of ether oxygens (including phenoxy) is 2. The zero-order chi connectivity index (χ0) is 19.6. The third kappa shape index (κ3) is 7.06. The Balaban J connectivity index is 1.83. The van der Waals surface area contributed by atoms with Crippen LogP contribution in [0.5, 0.6) is 5.75 Å². The molecule has 2 unspecified atom stereocenters. The van der Waals surface area contributed by atoms with Crippen molar-refractivity contribution in [1.29, 1.82) is 0 Å². The molecule has 146 valence electrons. The SMILES string of the molecule is CCCCOC(C)CCC(C)Oc1ccc(-c2ccc(C(=O)O)cc2)cc1.